The molecule has 1 atom stereocenters. The van der Waals surface area contributed by atoms with Crippen LogP contribution in [0.4, 0.5) is 11.4 Å². The van der Waals surface area contributed by atoms with E-state index in [9.17, 15) is 4.79 Å². The third kappa shape index (κ3) is 6.67. The highest BCUT2D eigenvalue weighted by molar-refractivity contribution is 5.93. The van der Waals surface area contributed by atoms with Crippen LogP contribution in [0.5, 0.6) is 11.5 Å². The monoisotopic (exact) mass is 356 g/mol. The maximum atomic E-state index is 12.1. The predicted octanol–water partition coefficient (Wildman–Crippen LogP) is 4.70. The van der Waals surface area contributed by atoms with Gasteiger partial charge in [0.1, 0.15) is 11.5 Å². The predicted molar refractivity (Wildman–Crippen MR) is 106 cm³/mol. The molecular weight excluding hydrogens is 328 g/mol. The first-order valence-corrected chi connectivity index (χ1v) is 9.03. The van der Waals surface area contributed by atoms with E-state index in [1.165, 1.54) is 0 Å². The van der Waals surface area contributed by atoms with Gasteiger partial charge in [-0.05, 0) is 63.6 Å². The second-order valence-electron chi connectivity index (χ2n) is 6.46. The van der Waals surface area contributed by atoms with Crippen LogP contribution in [0.2, 0.25) is 0 Å². The Morgan fingerprint density at radius 1 is 0.962 bits per heavy atom. The molecule has 5 heteroatoms. The second kappa shape index (κ2) is 9.70. The van der Waals surface area contributed by atoms with E-state index in [0.29, 0.717) is 0 Å². The average Bonchev–Trinajstić information content (AvgIpc) is 2.61. The maximum absolute atomic E-state index is 12.1. The van der Waals surface area contributed by atoms with Gasteiger partial charge in [-0.1, -0.05) is 13.0 Å². The summed E-state index contributed by atoms with van der Waals surface area (Å²) in [6.45, 7) is 8.25. The van der Waals surface area contributed by atoms with Gasteiger partial charge in [0.25, 0.3) is 0 Å². The summed E-state index contributed by atoms with van der Waals surface area (Å²) in [7, 11) is 0. The number of rotatable bonds is 9. The molecule has 0 saturated heterocycles. The summed E-state index contributed by atoms with van der Waals surface area (Å²) in [5.74, 6) is 1.47. The van der Waals surface area contributed by atoms with E-state index in [2.05, 4.69) is 17.6 Å². The van der Waals surface area contributed by atoms with E-state index < -0.39 is 0 Å². The van der Waals surface area contributed by atoms with E-state index in [1.54, 1.807) is 0 Å². The van der Waals surface area contributed by atoms with Gasteiger partial charge in [0.15, 0.2) is 0 Å². The van der Waals surface area contributed by atoms with Crippen molar-refractivity contribution >= 4 is 17.3 Å². The number of ether oxygens (including phenoxy) is 2. The fraction of sp³-hybridized carbons (Fsp3) is 0.381. The summed E-state index contributed by atoms with van der Waals surface area (Å²) in [5, 5.41) is 5.98. The number of nitrogens with one attached hydrogen (secondary N) is 2. The van der Waals surface area contributed by atoms with Gasteiger partial charge in [0.05, 0.1) is 18.8 Å². The van der Waals surface area contributed by atoms with Crippen LogP contribution in [0.15, 0.2) is 48.5 Å². The lowest BCUT2D eigenvalue weighted by Gasteiger charge is -2.14. The van der Waals surface area contributed by atoms with Gasteiger partial charge >= 0.3 is 0 Å². The number of anilines is 2. The second-order valence-corrected chi connectivity index (χ2v) is 6.46. The number of benzene rings is 2. The molecular formula is C21H28N2O3. The lowest BCUT2D eigenvalue weighted by atomic mass is 10.2. The third-order valence-corrected chi connectivity index (χ3v) is 3.71. The summed E-state index contributed by atoms with van der Waals surface area (Å²) in [5.41, 5.74) is 1.59. The van der Waals surface area contributed by atoms with E-state index >= 15 is 0 Å². The van der Waals surface area contributed by atoms with Gasteiger partial charge < -0.3 is 20.1 Å². The molecule has 140 valence electrons. The Bertz CT molecular complexity index is 699. The molecule has 0 bridgehead atoms. The first-order chi connectivity index (χ1) is 12.5. The minimum atomic E-state index is -0.115. The number of amides is 1. The first kappa shape index (κ1) is 19.6. The summed E-state index contributed by atoms with van der Waals surface area (Å²) < 4.78 is 11.4. The standard InChI is InChI=1S/C21H28N2O3/c1-5-16(4)26-20-8-6-7-18(13-20)22-14-21(24)23-17-9-11-19(12-10-17)25-15(2)3/h6-13,15-16,22H,5,14H2,1-4H3,(H,23,24). The molecule has 0 heterocycles. The van der Waals surface area contributed by atoms with Gasteiger partial charge in [-0.15, -0.1) is 0 Å². The van der Waals surface area contributed by atoms with Crippen LogP contribution >= 0.6 is 0 Å². The Labute approximate surface area is 155 Å². The smallest absolute Gasteiger partial charge is 0.243 e. The van der Waals surface area contributed by atoms with Gasteiger partial charge in [-0.2, -0.15) is 0 Å². The number of hydrogen-bond donors (Lipinski definition) is 2. The highest BCUT2D eigenvalue weighted by Crippen LogP contribution is 2.19. The topological polar surface area (TPSA) is 59.6 Å². The molecule has 5 nitrogen and oxygen atoms in total. The summed E-state index contributed by atoms with van der Waals surface area (Å²) in [6, 6.07) is 15.0. The Morgan fingerprint density at radius 2 is 1.69 bits per heavy atom. The molecule has 0 saturated carbocycles. The van der Waals surface area contributed by atoms with Gasteiger partial charge in [0.2, 0.25) is 5.91 Å². The molecule has 0 aromatic heterocycles. The molecule has 0 aliphatic heterocycles. The molecule has 0 aliphatic rings. The van der Waals surface area contributed by atoms with Crippen molar-refractivity contribution < 1.29 is 14.3 Å². The number of hydrogen-bond acceptors (Lipinski definition) is 4. The molecule has 0 spiro atoms. The van der Waals surface area contributed by atoms with Crippen LogP contribution in [0.25, 0.3) is 0 Å². The lowest BCUT2D eigenvalue weighted by molar-refractivity contribution is -0.114. The minimum Gasteiger partial charge on any atom is -0.491 e. The van der Waals surface area contributed by atoms with E-state index in [-0.39, 0.29) is 24.7 Å². The highest BCUT2D eigenvalue weighted by atomic mass is 16.5. The first-order valence-electron chi connectivity index (χ1n) is 9.03. The Kier molecular flexibility index (Phi) is 7.33. The van der Waals surface area contributed by atoms with Crippen LogP contribution in [0.3, 0.4) is 0 Å². The van der Waals surface area contributed by atoms with E-state index in [0.717, 1.165) is 29.3 Å². The van der Waals surface area contributed by atoms with Crippen molar-refractivity contribution in [3.8, 4) is 11.5 Å². The average molecular weight is 356 g/mol. The summed E-state index contributed by atoms with van der Waals surface area (Å²) >= 11 is 0. The molecule has 2 aromatic carbocycles. The third-order valence-electron chi connectivity index (χ3n) is 3.71. The molecule has 26 heavy (non-hydrogen) atoms. The normalized spacial score (nSPS) is 11.7. The van der Waals surface area contributed by atoms with Crippen molar-refractivity contribution in [2.75, 3.05) is 17.2 Å². The Hall–Kier alpha value is -2.69. The van der Waals surface area contributed by atoms with Crippen LogP contribution in [0.1, 0.15) is 34.1 Å². The molecule has 0 aliphatic carbocycles. The molecule has 0 radical (unpaired) electrons. The molecule has 1 unspecified atom stereocenters. The Balaban J connectivity index is 1.84. The zero-order valence-corrected chi connectivity index (χ0v) is 15.9. The minimum absolute atomic E-state index is 0.115. The zero-order valence-electron chi connectivity index (χ0n) is 15.9. The molecule has 1 amide bonds. The quantitative estimate of drug-likeness (QED) is 0.684. The number of carbonyl (C=O) groups excluding carboxylic acids is 1. The van der Waals surface area contributed by atoms with Crippen LogP contribution in [-0.4, -0.2) is 24.7 Å². The highest BCUT2D eigenvalue weighted by Gasteiger charge is 2.05. The van der Waals surface area contributed by atoms with Gasteiger partial charge in [-0.3, -0.25) is 4.79 Å². The van der Waals surface area contributed by atoms with Gasteiger partial charge in [-0.25, -0.2) is 0 Å². The van der Waals surface area contributed by atoms with E-state index in [4.69, 9.17) is 9.47 Å². The van der Waals surface area contributed by atoms with Crippen molar-refractivity contribution in [1.29, 1.82) is 0 Å². The summed E-state index contributed by atoms with van der Waals surface area (Å²) in [6.07, 6.45) is 1.23. The molecule has 2 rings (SSSR count). The van der Waals surface area contributed by atoms with Crippen molar-refractivity contribution in [1.82, 2.24) is 0 Å². The van der Waals surface area contributed by atoms with Crippen molar-refractivity contribution in [3.05, 3.63) is 48.5 Å². The number of carbonyl (C=O) groups is 1. The zero-order chi connectivity index (χ0) is 18.9. The van der Waals surface area contributed by atoms with Crippen LogP contribution in [0, 0.1) is 0 Å². The van der Waals surface area contributed by atoms with Crippen molar-refractivity contribution in [2.45, 2.75) is 46.3 Å². The van der Waals surface area contributed by atoms with Crippen LogP contribution < -0.4 is 20.1 Å². The SMILES string of the molecule is CCC(C)Oc1cccc(NCC(=O)Nc2ccc(OC(C)C)cc2)c1. The van der Waals surface area contributed by atoms with Crippen LogP contribution in [-0.2, 0) is 4.79 Å². The molecule has 2 N–H and O–H groups in total. The summed E-state index contributed by atoms with van der Waals surface area (Å²) in [4.78, 5) is 12.1. The molecule has 0 fully saturated rings. The molecule has 2 aromatic rings. The maximum Gasteiger partial charge on any atom is 0.243 e. The van der Waals surface area contributed by atoms with Crippen molar-refractivity contribution in [3.63, 3.8) is 0 Å². The van der Waals surface area contributed by atoms with Crippen molar-refractivity contribution in [2.24, 2.45) is 0 Å². The van der Waals surface area contributed by atoms with Gasteiger partial charge in [0, 0.05) is 17.4 Å². The lowest BCUT2D eigenvalue weighted by Crippen LogP contribution is -2.21. The van der Waals surface area contributed by atoms with E-state index in [1.807, 2.05) is 69.3 Å². The Morgan fingerprint density at radius 3 is 2.35 bits per heavy atom. The largest absolute Gasteiger partial charge is 0.491 e. The fourth-order valence-electron chi connectivity index (χ4n) is 2.27. The fourth-order valence-corrected chi connectivity index (χ4v) is 2.27.